The molecule has 3 rings (SSSR count). The minimum atomic E-state index is -0.446. The molecule has 27 heavy (non-hydrogen) atoms. The van der Waals surface area contributed by atoms with Gasteiger partial charge in [0.25, 0.3) is 0 Å². The lowest BCUT2D eigenvalue weighted by Gasteiger charge is -2.14. The molecule has 0 atom stereocenters. The van der Waals surface area contributed by atoms with Gasteiger partial charge in [0.1, 0.15) is 17.8 Å². The van der Waals surface area contributed by atoms with Gasteiger partial charge in [-0.1, -0.05) is 12.1 Å². The summed E-state index contributed by atoms with van der Waals surface area (Å²) in [6, 6.07) is 12.7. The molecule has 0 fully saturated rings. The van der Waals surface area contributed by atoms with E-state index in [9.17, 15) is 9.18 Å². The van der Waals surface area contributed by atoms with Crippen LogP contribution in [0.15, 0.2) is 54.9 Å². The Hall–Kier alpha value is -3.68. The number of aromatic nitrogens is 2. The third-order valence-electron chi connectivity index (χ3n) is 3.67. The van der Waals surface area contributed by atoms with E-state index in [1.807, 2.05) is 0 Å². The maximum Gasteiger partial charge on any atom is 0.340 e. The minimum Gasteiger partial charge on any atom is -0.462 e. The quantitative estimate of drug-likeness (QED) is 0.569. The second kappa shape index (κ2) is 8.13. The third kappa shape index (κ3) is 4.30. The SMILES string of the molecule is CCOC(=O)c1ccccc1Nc1ncnc(Nc2ccc(F)cc2)c1N. The Morgan fingerprint density at radius 1 is 1.07 bits per heavy atom. The summed E-state index contributed by atoms with van der Waals surface area (Å²) in [4.78, 5) is 20.4. The van der Waals surface area contributed by atoms with Crippen molar-refractivity contribution in [2.24, 2.45) is 0 Å². The lowest BCUT2D eigenvalue weighted by molar-refractivity contribution is 0.0527. The first-order valence-corrected chi connectivity index (χ1v) is 8.24. The summed E-state index contributed by atoms with van der Waals surface area (Å²) in [5.41, 5.74) is 7.90. The first kappa shape index (κ1) is 18.1. The summed E-state index contributed by atoms with van der Waals surface area (Å²) in [6.07, 6.45) is 1.33. The fourth-order valence-electron chi connectivity index (χ4n) is 2.37. The molecule has 0 radical (unpaired) electrons. The number of para-hydroxylation sites is 1. The van der Waals surface area contributed by atoms with Crippen LogP contribution < -0.4 is 16.4 Å². The first-order valence-electron chi connectivity index (χ1n) is 8.24. The zero-order valence-corrected chi connectivity index (χ0v) is 14.6. The monoisotopic (exact) mass is 367 g/mol. The summed E-state index contributed by atoms with van der Waals surface area (Å²) >= 11 is 0. The number of nitrogens with two attached hydrogens (primary N) is 1. The zero-order valence-electron chi connectivity index (χ0n) is 14.6. The molecule has 0 amide bonds. The molecule has 8 heteroatoms. The van der Waals surface area contributed by atoms with Crippen LogP contribution in [0.1, 0.15) is 17.3 Å². The van der Waals surface area contributed by atoms with Gasteiger partial charge in [-0.2, -0.15) is 0 Å². The Labute approximate surface area is 155 Å². The molecular weight excluding hydrogens is 349 g/mol. The Bertz CT molecular complexity index is 947. The van der Waals surface area contributed by atoms with Crippen molar-refractivity contribution in [3.05, 3.63) is 66.2 Å². The number of anilines is 5. The van der Waals surface area contributed by atoms with Crippen molar-refractivity contribution in [1.82, 2.24) is 9.97 Å². The van der Waals surface area contributed by atoms with E-state index in [0.29, 0.717) is 28.6 Å². The highest BCUT2D eigenvalue weighted by molar-refractivity contribution is 5.97. The fourth-order valence-corrected chi connectivity index (χ4v) is 2.37. The van der Waals surface area contributed by atoms with Gasteiger partial charge in [0.2, 0.25) is 0 Å². The number of carbonyl (C=O) groups is 1. The minimum absolute atomic E-state index is 0.250. The molecule has 1 aromatic heterocycles. The van der Waals surface area contributed by atoms with Crippen LogP contribution in [0, 0.1) is 5.82 Å². The molecule has 2 aromatic carbocycles. The van der Waals surface area contributed by atoms with Gasteiger partial charge >= 0.3 is 5.97 Å². The lowest BCUT2D eigenvalue weighted by Crippen LogP contribution is -2.10. The molecule has 0 spiro atoms. The van der Waals surface area contributed by atoms with Crippen molar-refractivity contribution in [1.29, 1.82) is 0 Å². The summed E-state index contributed by atoms with van der Waals surface area (Å²) in [5.74, 6) is -0.105. The van der Waals surface area contributed by atoms with Gasteiger partial charge in [-0.3, -0.25) is 0 Å². The van der Waals surface area contributed by atoms with E-state index in [1.165, 1.54) is 18.5 Å². The largest absolute Gasteiger partial charge is 0.462 e. The maximum atomic E-state index is 13.0. The Balaban J connectivity index is 1.87. The van der Waals surface area contributed by atoms with Crippen molar-refractivity contribution in [3.8, 4) is 0 Å². The van der Waals surface area contributed by atoms with Crippen LogP contribution >= 0.6 is 0 Å². The van der Waals surface area contributed by atoms with Crippen molar-refractivity contribution in [3.63, 3.8) is 0 Å². The number of hydrogen-bond acceptors (Lipinski definition) is 7. The molecule has 0 bridgehead atoms. The van der Waals surface area contributed by atoms with Gasteiger partial charge in [0.05, 0.1) is 17.9 Å². The van der Waals surface area contributed by atoms with E-state index in [1.54, 1.807) is 43.3 Å². The van der Waals surface area contributed by atoms with Crippen LogP contribution in [-0.4, -0.2) is 22.5 Å². The van der Waals surface area contributed by atoms with E-state index in [-0.39, 0.29) is 18.1 Å². The van der Waals surface area contributed by atoms with Gasteiger partial charge < -0.3 is 21.1 Å². The van der Waals surface area contributed by atoms with Crippen LogP contribution in [0.25, 0.3) is 0 Å². The second-order valence-corrected chi connectivity index (χ2v) is 5.51. The predicted octanol–water partition coefficient (Wildman–Crippen LogP) is 3.86. The van der Waals surface area contributed by atoms with Crippen LogP contribution in [0.5, 0.6) is 0 Å². The Kier molecular flexibility index (Phi) is 5.46. The molecule has 1 heterocycles. The number of esters is 1. The van der Waals surface area contributed by atoms with Gasteiger partial charge in [-0.15, -0.1) is 0 Å². The first-order chi connectivity index (χ1) is 13.1. The number of ether oxygens (including phenoxy) is 1. The molecule has 0 aliphatic carbocycles. The average Bonchev–Trinajstić information content (AvgIpc) is 2.67. The molecule has 0 aliphatic heterocycles. The number of carbonyl (C=O) groups excluding carboxylic acids is 1. The molecule has 0 unspecified atom stereocenters. The summed E-state index contributed by atoms with van der Waals surface area (Å²) in [6.45, 7) is 2.01. The average molecular weight is 367 g/mol. The molecular formula is C19H18FN5O2. The molecule has 0 saturated carbocycles. The summed E-state index contributed by atoms with van der Waals surface area (Å²) in [5, 5.41) is 6.05. The van der Waals surface area contributed by atoms with Crippen molar-refractivity contribution >= 4 is 34.7 Å². The van der Waals surface area contributed by atoms with E-state index in [2.05, 4.69) is 20.6 Å². The summed E-state index contributed by atoms with van der Waals surface area (Å²) < 4.78 is 18.1. The number of nitrogens with zero attached hydrogens (tertiary/aromatic N) is 2. The van der Waals surface area contributed by atoms with E-state index in [4.69, 9.17) is 10.5 Å². The highest BCUT2D eigenvalue weighted by atomic mass is 19.1. The van der Waals surface area contributed by atoms with E-state index < -0.39 is 5.97 Å². The molecule has 3 aromatic rings. The van der Waals surface area contributed by atoms with Crippen molar-refractivity contribution < 1.29 is 13.9 Å². The van der Waals surface area contributed by atoms with Crippen molar-refractivity contribution in [2.75, 3.05) is 23.0 Å². The van der Waals surface area contributed by atoms with Gasteiger partial charge in [-0.25, -0.2) is 19.2 Å². The molecule has 4 N–H and O–H groups in total. The molecule has 0 saturated heterocycles. The zero-order chi connectivity index (χ0) is 19.2. The van der Waals surface area contributed by atoms with Crippen LogP contribution in [-0.2, 0) is 4.74 Å². The number of halogens is 1. The van der Waals surface area contributed by atoms with Crippen LogP contribution in [0.4, 0.5) is 33.1 Å². The lowest BCUT2D eigenvalue weighted by atomic mass is 10.2. The maximum absolute atomic E-state index is 13.0. The highest BCUT2D eigenvalue weighted by Gasteiger charge is 2.15. The van der Waals surface area contributed by atoms with Crippen LogP contribution in [0.2, 0.25) is 0 Å². The second-order valence-electron chi connectivity index (χ2n) is 5.51. The molecule has 138 valence electrons. The number of nitrogens with one attached hydrogen (secondary N) is 2. The standard InChI is InChI=1S/C19H18FN5O2/c1-2-27-19(26)14-5-3-4-6-15(14)25-18-16(21)17(22-11-23-18)24-13-9-7-12(20)8-10-13/h3-11H,2,21H2,1H3,(H2,22,23,24,25). The number of nitrogen functional groups attached to an aromatic ring is 1. The number of hydrogen-bond donors (Lipinski definition) is 3. The third-order valence-corrected chi connectivity index (χ3v) is 3.67. The predicted molar refractivity (Wildman–Crippen MR) is 102 cm³/mol. The fraction of sp³-hybridized carbons (Fsp3) is 0.105. The molecule has 7 nitrogen and oxygen atoms in total. The highest BCUT2D eigenvalue weighted by Crippen LogP contribution is 2.29. The molecule has 0 aliphatic rings. The number of benzene rings is 2. The van der Waals surface area contributed by atoms with Gasteiger partial charge in [-0.05, 0) is 43.3 Å². The van der Waals surface area contributed by atoms with Gasteiger partial charge in [0.15, 0.2) is 11.6 Å². The normalized spacial score (nSPS) is 10.3. The topological polar surface area (TPSA) is 102 Å². The Morgan fingerprint density at radius 3 is 2.44 bits per heavy atom. The smallest absolute Gasteiger partial charge is 0.340 e. The van der Waals surface area contributed by atoms with E-state index in [0.717, 1.165) is 0 Å². The Morgan fingerprint density at radius 2 is 1.74 bits per heavy atom. The number of rotatable bonds is 6. The van der Waals surface area contributed by atoms with Crippen molar-refractivity contribution in [2.45, 2.75) is 6.92 Å². The van der Waals surface area contributed by atoms with Crippen LogP contribution in [0.3, 0.4) is 0 Å². The summed E-state index contributed by atoms with van der Waals surface area (Å²) in [7, 11) is 0. The van der Waals surface area contributed by atoms with Gasteiger partial charge in [0, 0.05) is 5.69 Å². The van der Waals surface area contributed by atoms with E-state index >= 15 is 0 Å².